The van der Waals surface area contributed by atoms with Crippen LogP contribution in [0.5, 0.6) is 0 Å². The predicted octanol–water partition coefficient (Wildman–Crippen LogP) is 3.65. The highest BCUT2D eigenvalue weighted by molar-refractivity contribution is 6.36. The summed E-state index contributed by atoms with van der Waals surface area (Å²) in [5, 5.41) is 7.25. The smallest absolute Gasteiger partial charge is 0.433 e. The molecule has 0 saturated heterocycles. The lowest BCUT2D eigenvalue weighted by Gasteiger charge is -2.19. The number of aromatic nitrogens is 3. The molecule has 146 valence electrons. The van der Waals surface area contributed by atoms with Gasteiger partial charge in [-0.2, -0.15) is 4.68 Å². The number of hydrogen-bond acceptors (Lipinski definition) is 5. The lowest BCUT2D eigenvalue weighted by atomic mass is 9.98. The van der Waals surface area contributed by atoms with E-state index in [4.69, 9.17) is 9.72 Å². The summed E-state index contributed by atoms with van der Waals surface area (Å²) in [6, 6.07) is 5.77. The van der Waals surface area contributed by atoms with E-state index in [0.717, 1.165) is 16.5 Å². The summed E-state index contributed by atoms with van der Waals surface area (Å²) in [6.45, 7) is 7.26. The molecular formula is C21H18N4O4. The van der Waals surface area contributed by atoms with Gasteiger partial charge in [0.1, 0.15) is 5.60 Å². The van der Waals surface area contributed by atoms with Crippen molar-refractivity contribution in [3.05, 3.63) is 41.1 Å². The topological polar surface area (TPSA) is 106 Å². The van der Waals surface area contributed by atoms with E-state index in [1.165, 1.54) is 4.68 Å². The first-order valence-corrected chi connectivity index (χ1v) is 9.20. The average molecular weight is 390 g/mol. The highest BCUT2D eigenvalue weighted by atomic mass is 16.6. The summed E-state index contributed by atoms with van der Waals surface area (Å²) in [4.78, 5) is 42.4. The second-order valence-corrected chi connectivity index (χ2v) is 8.27. The maximum absolute atomic E-state index is 12.6. The third kappa shape index (κ3) is 2.45. The molecule has 2 aromatic carbocycles. The second kappa shape index (κ2) is 5.44. The number of amides is 2. The van der Waals surface area contributed by atoms with Gasteiger partial charge >= 0.3 is 6.09 Å². The first kappa shape index (κ1) is 17.4. The van der Waals surface area contributed by atoms with Gasteiger partial charge < -0.3 is 4.74 Å². The van der Waals surface area contributed by atoms with E-state index in [2.05, 4.69) is 10.4 Å². The van der Waals surface area contributed by atoms with Crippen LogP contribution < -0.4 is 5.32 Å². The summed E-state index contributed by atoms with van der Waals surface area (Å²) in [5.74, 6) is -0.969. The predicted molar refractivity (Wildman–Crippen MR) is 107 cm³/mol. The van der Waals surface area contributed by atoms with Crippen LogP contribution in [0, 0.1) is 6.92 Å². The van der Waals surface area contributed by atoms with E-state index in [1.54, 1.807) is 27.0 Å². The lowest BCUT2D eigenvalue weighted by Crippen LogP contribution is -2.27. The normalized spacial score (nSPS) is 14.1. The Hall–Kier alpha value is -3.68. The fraction of sp³-hybridized carbons (Fsp3) is 0.238. The maximum atomic E-state index is 12.6. The Bertz CT molecular complexity index is 1400. The minimum Gasteiger partial charge on any atom is -0.442 e. The molecule has 3 heterocycles. The number of nitrogens with one attached hydrogen (secondary N) is 2. The van der Waals surface area contributed by atoms with Gasteiger partial charge in [-0.05, 0) is 39.8 Å². The quantitative estimate of drug-likeness (QED) is 0.446. The molecule has 0 aliphatic carbocycles. The van der Waals surface area contributed by atoms with Crippen molar-refractivity contribution >= 4 is 50.6 Å². The van der Waals surface area contributed by atoms with Gasteiger partial charge in [0.25, 0.3) is 11.8 Å². The Balaban J connectivity index is 1.91. The minimum absolute atomic E-state index is 0.218. The number of carbonyl (C=O) groups is 3. The molecule has 0 spiro atoms. The van der Waals surface area contributed by atoms with E-state index in [1.807, 2.05) is 25.1 Å². The Labute approximate surface area is 164 Å². The standard InChI is InChI=1S/C21H18N4O4/c1-9-5-6-12-10(7-9)13-14-15(19(27)23-18(14)26)17-11(16(13)22-12)8-25(24-17)20(28)29-21(2,3)4/h5-8,24H,1-4H3,(H,23,26,27). The van der Waals surface area contributed by atoms with Crippen LogP contribution in [0.1, 0.15) is 47.1 Å². The van der Waals surface area contributed by atoms with Crippen molar-refractivity contribution in [1.29, 1.82) is 0 Å². The molecule has 2 amide bonds. The van der Waals surface area contributed by atoms with E-state index in [0.29, 0.717) is 21.8 Å². The van der Waals surface area contributed by atoms with Crippen molar-refractivity contribution in [3.63, 3.8) is 0 Å². The molecular weight excluding hydrogens is 372 g/mol. The largest absolute Gasteiger partial charge is 0.442 e. The van der Waals surface area contributed by atoms with E-state index in [-0.39, 0.29) is 11.1 Å². The van der Waals surface area contributed by atoms with Gasteiger partial charge in [-0.15, -0.1) is 0 Å². The number of rotatable bonds is 0. The molecule has 29 heavy (non-hydrogen) atoms. The fourth-order valence-corrected chi connectivity index (χ4v) is 3.82. The summed E-state index contributed by atoms with van der Waals surface area (Å²) in [5.41, 5.74) is 2.49. The van der Waals surface area contributed by atoms with Crippen molar-refractivity contribution < 1.29 is 19.1 Å². The number of imide groups is 1. The number of hydrogen-bond donors (Lipinski definition) is 2. The molecule has 0 bridgehead atoms. The van der Waals surface area contributed by atoms with Crippen LogP contribution in [0.15, 0.2) is 24.4 Å². The van der Waals surface area contributed by atoms with Crippen LogP contribution in [0.25, 0.3) is 32.7 Å². The molecule has 0 radical (unpaired) electrons. The number of carbonyl (C=O) groups excluding carboxylic acids is 3. The van der Waals surface area contributed by atoms with Crippen molar-refractivity contribution in [2.45, 2.75) is 33.3 Å². The number of H-pyrrole nitrogens is 1. The van der Waals surface area contributed by atoms with Crippen LogP contribution in [-0.4, -0.2) is 38.3 Å². The van der Waals surface area contributed by atoms with Crippen LogP contribution >= 0.6 is 0 Å². The van der Waals surface area contributed by atoms with Crippen LogP contribution in [-0.2, 0) is 4.74 Å². The summed E-state index contributed by atoms with van der Waals surface area (Å²) < 4.78 is 6.59. The number of nitrogens with zero attached hydrogens (tertiary/aromatic N) is 2. The minimum atomic E-state index is -0.684. The molecule has 5 rings (SSSR count). The van der Waals surface area contributed by atoms with E-state index < -0.39 is 23.5 Å². The molecule has 8 heteroatoms. The number of aryl methyl sites for hydroxylation is 1. The summed E-state index contributed by atoms with van der Waals surface area (Å²) in [7, 11) is 0. The van der Waals surface area contributed by atoms with Crippen molar-refractivity contribution in [2.75, 3.05) is 0 Å². The second-order valence-electron chi connectivity index (χ2n) is 8.27. The first-order chi connectivity index (χ1) is 13.6. The van der Waals surface area contributed by atoms with Crippen LogP contribution in [0.4, 0.5) is 4.79 Å². The van der Waals surface area contributed by atoms with Gasteiger partial charge in [-0.3, -0.25) is 20.0 Å². The Morgan fingerprint density at radius 2 is 1.83 bits per heavy atom. The SMILES string of the molecule is Cc1ccc2nc3c4cn(C(=O)OC(C)(C)C)[nH]c4c4c(c3c2c1)C(=O)NC4=O. The van der Waals surface area contributed by atoms with Crippen molar-refractivity contribution in [2.24, 2.45) is 0 Å². The van der Waals surface area contributed by atoms with Gasteiger partial charge in [-0.25, -0.2) is 9.78 Å². The zero-order valence-corrected chi connectivity index (χ0v) is 16.3. The number of benzene rings is 2. The zero-order chi connectivity index (χ0) is 20.7. The van der Waals surface area contributed by atoms with Gasteiger partial charge in [-0.1, -0.05) is 11.6 Å². The molecule has 0 atom stereocenters. The van der Waals surface area contributed by atoms with Crippen molar-refractivity contribution in [1.82, 2.24) is 20.1 Å². The average Bonchev–Trinajstić information content (AvgIpc) is 3.26. The lowest BCUT2D eigenvalue weighted by molar-refractivity contribution is 0.0515. The van der Waals surface area contributed by atoms with Gasteiger partial charge in [0.2, 0.25) is 0 Å². The number of ether oxygens (including phenoxy) is 1. The first-order valence-electron chi connectivity index (χ1n) is 9.20. The molecule has 4 aromatic rings. The molecule has 2 aromatic heterocycles. The van der Waals surface area contributed by atoms with Crippen LogP contribution in [0.2, 0.25) is 0 Å². The number of fused-ring (bicyclic) bond motifs is 8. The molecule has 8 nitrogen and oxygen atoms in total. The highest BCUT2D eigenvalue weighted by Crippen LogP contribution is 2.39. The third-order valence-corrected chi connectivity index (χ3v) is 4.93. The summed E-state index contributed by atoms with van der Waals surface area (Å²) in [6.07, 6.45) is 0.938. The Morgan fingerprint density at radius 3 is 2.55 bits per heavy atom. The molecule has 0 saturated carbocycles. The van der Waals surface area contributed by atoms with Gasteiger partial charge in [0, 0.05) is 22.4 Å². The number of aromatic amines is 1. The van der Waals surface area contributed by atoms with Crippen molar-refractivity contribution in [3.8, 4) is 0 Å². The van der Waals surface area contributed by atoms with Gasteiger partial charge in [0.05, 0.1) is 27.7 Å². The molecule has 0 unspecified atom stereocenters. The third-order valence-electron chi connectivity index (χ3n) is 4.93. The fourth-order valence-electron chi connectivity index (χ4n) is 3.82. The molecule has 1 aliphatic heterocycles. The van der Waals surface area contributed by atoms with E-state index in [9.17, 15) is 14.4 Å². The molecule has 1 aliphatic rings. The van der Waals surface area contributed by atoms with E-state index >= 15 is 0 Å². The Morgan fingerprint density at radius 1 is 1.10 bits per heavy atom. The molecule has 0 fully saturated rings. The van der Waals surface area contributed by atoms with Gasteiger partial charge in [0.15, 0.2) is 0 Å². The molecule has 2 N–H and O–H groups in total. The monoisotopic (exact) mass is 390 g/mol. The maximum Gasteiger partial charge on any atom is 0.433 e. The zero-order valence-electron chi connectivity index (χ0n) is 16.3. The van der Waals surface area contributed by atoms with Crippen LogP contribution in [0.3, 0.4) is 0 Å². The summed E-state index contributed by atoms with van der Waals surface area (Å²) >= 11 is 0. The Kier molecular flexibility index (Phi) is 3.27. The highest BCUT2D eigenvalue weighted by Gasteiger charge is 2.35.